The second kappa shape index (κ2) is 3.33. The zero-order valence-electron chi connectivity index (χ0n) is 8.45. The molecule has 1 aromatic carbocycles. The second-order valence-electron chi connectivity index (χ2n) is 3.63. The van der Waals surface area contributed by atoms with Gasteiger partial charge in [0.05, 0.1) is 5.71 Å². The molecule has 3 nitrogen and oxygen atoms in total. The predicted molar refractivity (Wildman–Crippen MR) is 57.4 cm³/mol. The Kier molecular flexibility index (Phi) is 2.15. The smallest absolute Gasteiger partial charge is 0.106 e. The van der Waals surface area contributed by atoms with Gasteiger partial charge in [-0.3, -0.25) is 0 Å². The van der Waals surface area contributed by atoms with E-state index in [0.717, 1.165) is 23.4 Å². The van der Waals surface area contributed by atoms with Gasteiger partial charge >= 0.3 is 0 Å². The normalized spacial score (nSPS) is 22.4. The van der Waals surface area contributed by atoms with Crippen molar-refractivity contribution in [1.29, 1.82) is 0 Å². The van der Waals surface area contributed by atoms with Crippen molar-refractivity contribution >= 4 is 11.4 Å². The average molecular weight is 190 g/mol. The van der Waals surface area contributed by atoms with Crippen molar-refractivity contribution in [2.45, 2.75) is 19.3 Å². The number of fused-ring (bicyclic) bond motifs is 1. The third-order valence-corrected chi connectivity index (χ3v) is 2.64. The Bertz CT molecular complexity index is 385. The summed E-state index contributed by atoms with van der Waals surface area (Å²) in [5.41, 5.74) is 10.1. The first-order valence-corrected chi connectivity index (χ1v) is 4.72. The van der Waals surface area contributed by atoms with Crippen molar-refractivity contribution in [3.63, 3.8) is 0 Å². The highest BCUT2D eigenvalue weighted by Crippen LogP contribution is 2.36. The van der Waals surface area contributed by atoms with Gasteiger partial charge in [0.2, 0.25) is 0 Å². The standard InChI is InChI=1S/C11H14N2O/c1-7-6-10(13-14-2)8-4-3-5-9(12)11(7)8/h3-5,7H,6,12H2,1-2H3/b13-10-/t7-/m0/s1. The summed E-state index contributed by atoms with van der Waals surface area (Å²) in [6, 6.07) is 5.94. The quantitative estimate of drug-likeness (QED) is 0.544. The lowest BCUT2D eigenvalue weighted by Crippen LogP contribution is -1.97. The van der Waals surface area contributed by atoms with Crippen LogP contribution in [-0.4, -0.2) is 12.8 Å². The first kappa shape index (κ1) is 9.06. The third-order valence-electron chi connectivity index (χ3n) is 2.64. The van der Waals surface area contributed by atoms with Crippen molar-refractivity contribution in [3.8, 4) is 0 Å². The van der Waals surface area contributed by atoms with Crippen LogP contribution >= 0.6 is 0 Å². The van der Waals surface area contributed by atoms with E-state index in [0.29, 0.717) is 5.92 Å². The third kappa shape index (κ3) is 1.25. The van der Waals surface area contributed by atoms with Gasteiger partial charge in [0.1, 0.15) is 7.11 Å². The Hall–Kier alpha value is -1.51. The minimum atomic E-state index is 0.445. The number of anilines is 1. The van der Waals surface area contributed by atoms with E-state index in [2.05, 4.69) is 12.1 Å². The Morgan fingerprint density at radius 2 is 2.29 bits per heavy atom. The maximum Gasteiger partial charge on any atom is 0.106 e. The summed E-state index contributed by atoms with van der Waals surface area (Å²) in [5, 5.41) is 4.02. The van der Waals surface area contributed by atoms with Gasteiger partial charge in [-0.2, -0.15) is 0 Å². The van der Waals surface area contributed by atoms with Crippen LogP contribution in [0.25, 0.3) is 0 Å². The fourth-order valence-corrected chi connectivity index (χ4v) is 2.08. The molecular weight excluding hydrogens is 176 g/mol. The van der Waals surface area contributed by atoms with Crippen LogP contribution in [0.3, 0.4) is 0 Å². The summed E-state index contributed by atoms with van der Waals surface area (Å²) >= 11 is 0. The molecule has 1 aromatic rings. The highest BCUT2D eigenvalue weighted by atomic mass is 16.6. The first-order valence-electron chi connectivity index (χ1n) is 4.72. The molecule has 0 unspecified atom stereocenters. The van der Waals surface area contributed by atoms with Gasteiger partial charge < -0.3 is 10.6 Å². The van der Waals surface area contributed by atoms with Crippen molar-refractivity contribution in [1.82, 2.24) is 0 Å². The molecule has 0 aliphatic heterocycles. The number of nitrogens with zero attached hydrogens (tertiary/aromatic N) is 1. The molecule has 3 heteroatoms. The molecule has 2 N–H and O–H groups in total. The predicted octanol–water partition coefficient (Wildman–Crippen LogP) is 2.13. The highest BCUT2D eigenvalue weighted by molar-refractivity contribution is 6.06. The molecular formula is C11H14N2O. The van der Waals surface area contributed by atoms with E-state index in [9.17, 15) is 0 Å². The van der Waals surface area contributed by atoms with Gasteiger partial charge in [-0.25, -0.2) is 0 Å². The van der Waals surface area contributed by atoms with Crippen molar-refractivity contribution in [3.05, 3.63) is 29.3 Å². The van der Waals surface area contributed by atoms with E-state index in [1.54, 1.807) is 7.11 Å². The SMILES string of the molecule is CO/N=C1/C[C@H](C)c2c(N)cccc21. The lowest BCUT2D eigenvalue weighted by atomic mass is 10.0. The van der Waals surface area contributed by atoms with Gasteiger partial charge in [-0.1, -0.05) is 24.2 Å². The molecule has 1 aliphatic rings. The molecule has 14 heavy (non-hydrogen) atoms. The van der Waals surface area contributed by atoms with Gasteiger partial charge in [-0.05, 0) is 17.5 Å². The van der Waals surface area contributed by atoms with Crippen LogP contribution in [0.5, 0.6) is 0 Å². The van der Waals surface area contributed by atoms with Crippen molar-refractivity contribution in [2.75, 3.05) is 12.8 Å². The molecule has 1 atom stereocenters. The Morgan fingerprint density at radius 1 is 1.50 bits per heavy atom. The molecule has 74 valence electrons. The zero-order chi connectivity index (χ0) is 10.1. The summed E-state index contributed by atoms with van der Waals surface area (Å²) in [7, 11) is 1.57. The molecule has 1 aliphatic carbocycles. The molecule has 0 heterocycles. The Morgan fingerprint density at radius 3 is 3.00 bits per heavy atom. The average Bonchev–Trinajstić information content (AvgIpc) is 2.46. The number of hydrogen-bond donors (Lipinski definition) is 1. The number of rotatable bonds is 1. The lowest BCUT2D eigenvalue weighted by molar-refractivity contribution is 0.213. The van der Waals surface area contributed by atoms with Crippen LogP contribution in [0.15, 0.2) is 23.4 Å². The molecule has 0 saturated heterocycles. The summed E-state index contributed by atoms with van der Waals surface area (Å²) in [5.74, 6) is 0.445. The fourth-order valence-electron chi connectivity index (χ4n) is 2.08. The molecule has 0 radical (unpaired) electrons. The van der Waals surface area contributed by atoms with Crippen LogP contribution in [0.2, 0.25) is 0 Å². The fraction of sp³-hybridized carbons (Fsp3) is 0.364. The van der Waals surface area contributed by atoms with Gasteiger partial charge in [-0.15, -0.1) is 0 Å². The zero-order valence-corrected chi connectivity index (χ0v) is 8.45. The minimum Gasteiger partial charge on any atom is -0.399 e. The first-order chi connectivity index (χ1) is 6.74. The van der Waals surface area contributed by atoms with E-state index in [-0.39, 0.29) is 0 Å². The summed E-state index contributed by atoms with van der Waals surface area (Å²) in [6.45, 7) is 2.16. The number of nitrogens with two attached hydrogens (primary N) is 1. The van der Waals surface area contributed by atoms with Crippen LogP contribution in [0.4, 0.5) is 5.69 Å². The van der Waals surface area contributed by atoms with Gasteiger partial charge in [0, 0.05) is 17.7 Å². The summed E-state index contributed by atoms with van der Waals surface area (Å²) in [4.78, 5) is 4.82. The van der Waals surface area contributed by atoms with E-state index >= 15 is 0 Å². The lowest BCUT2D eigenvalue weighted by Gasteiger charge is -2.06. The van der Waals surface area contributed by atoms with Crippen LogP contribution in [-0.2, 0) is 4.84 Å². The number of nitrogen functional groups attached to an aromatic ring is 1. The van der Waals surface area contributed by atoms with E-state index in [4.69, 9.17) is 10.6 Å². The van der Waals surface area contributed by atoms with Crippen LogP contribution in [0, 0.1) is 0 Å². The minimum absolute atomic E-state index is 0.445. The molecule has 2 rings (SSSR count). The molecule has 0 saturated carbocycles. The monoisotopic (exact) mass is 190 g/mol. The highest BCUT2D eigenvalue weighted by Gasteiger charge is 2.26. The molecule has 0 spiro atoms. The number of hydrogen-bond acceptors (Lipinski definition) is 3. The Labute approximate surface area is 83.6 Å². The van der Waals surface area contributed by atoms with Crippen LogP contribution in [0.1, 0.15) is 30.4 Å². The summed E-state index contributed by atoms with van der Waals surface area (Å²) in [6.07, 6.45) is 0.914. The van der Waals surface area contributed by atoms with E-state index in [1.165, 1.54) is 5.56 Å². The van der Waals surface area contributed by atoms with E-state index in [1.807, 2.05) is 18.2 Å². The molecule has 0 bridgehead atoms. The van der Waals surface area contributed by atoms with E-state index < -0.39 is 0 Å². The molecule has 0 amide bonds. The van der Waals surface area contributed by atoms with Crippen molar-refractivity contribution < 1.29 is 4.84 Å². The molecule has 0 fully saturated rings. The van der Waals surface area contributed by atoms with Crippen LogP contribution < -0.4 is 5.73 Å². The summed E-state index contributed by atoms with van der Waals surface area (Å²) < 4.78 is 0. The molecule has 0 aromatic heterocycles. The topological polar surface area (TPSA) is 47.6 Å². The largest absolute Gasteiger partial charge is 0.399 e. The number of benzene rings is 1. The second-order valence-corrected chi connectivity index (χ2v) is 3.63. The van der Waals surface area contributed by atoms with Gasteiger partial charge in [0.25, 0.3) is 0 Å². The van der Waals surface area contributed by atoms with Gasteiger partial charge in [0.15, 0.2) is 0 Å². The Balaban J connectivity index is 2.55. The maximum atomic E-state index is 5.92. The maximum absolute atomic E-state index is 5.92. The van der Waals surface area contributed by atoms with Crippen molar-refractivity contribution in [2.24, 2.45) is 5.16 Å². The number of oxime groups is 1.